The minimum absolute atomic E-state index is 0.318. The number of hydrogen-bond donors (Lipinski definition) is 2. The van der Waals surface area contributed by atoms with E-state index in [0.29, 0.717) is 42.0 Å². The van der Waals surface area contributed by atoms with Crippen LogP contribution in [0, 0.1) is 6.92 Å². The number of nitrogens with one attached hydrogen (secondary N) is 1. The maximum absolute atomic E-state index is 12.4. The van der Waals surface area contributed by atoms with Gasteiger partial charge in [0.05, 0.1) is 23.8 Å². The molecule has 0 saturated heterocycles. The zero-order chi connectivity index (χ0) is 22.4. The molecule has 0 aliphatic heterocycles. The van der Waals surface area contributed by atoms with Crippen molar-refractivity contribution >= 4 is 45.1 Å². The average Bonchev–Trinajstić information content (AvgIpc) is 3.07. The van der Waals surface area contributed by atoms with Crippen molar-refractivity contribution in [2.24, 2.45) is 0 Å². The van der Waals surface area contributed by atoms with Gasteiger partial charge in [-0.3, -0.25) is 0 Å². The van der Waals surface area contributed by atoms with E-state index in [1.165, 1.54) is 11.3 Å². The Balaban J connectivity index is 1.92. The molecule has 0 aliphatic rings. The first kappa shape index (κ1) is 23.5. The van der Waals surface area contributed by atoms with Crippen LogP contribution in [0.4, 0.5) is 5.82 Å². The van der Waals surface area contributed by atoms with E-state index >= 15 is 0 Å². The zero-order valence-corrected chi connectivity index (χ0v) is 19.8. The molecule has 0 aliphatic carbocycles. The van der Waals surface area contributed by atoms with Gasteiger partial charge in [0, 0.05) is 18.0 Å². The smallest absolute Gasteiger partial charge is 0.348 e. The lowest BCUT2D eigenvalue weighted by atomic mass is 10.2. The number of aliphatic hydroxyl groups is 1. The Morgan fingerprint density at radius 3 is 2.71 bits per heavy atom. The molecule has 0 bridgehead atoms. The number of thiophene rings is 1. The molecule has 3 aromatic rings. The fourth-order valence-corrected chi connectivity index (χ4v) is 5.00. The van der Waals surface area contributed by atoms with Crippen LogP contribution in [-0.2, 0) is 10.5 Å². The van der Waals surface area contributed by atoms with E-state index in [2.05, 4.69) is 5.32 Å². The van der Waals surface area contributed by atoms with Gasteiger partial charge in [-0.25, -0.2) is 14.8 Å². The van der Waals surface area contributed by atoms with Gasteiger partial charge >= 0.3 is 5.97 Å². The fourth-order valence-electron chi connectivity index (χ4n) is 3.13. The van der Waals surface area contributed by atoms with Crippen LogP contribution >= 0.6 is 23.1 Å². The maximum Gasteiger partial charge on any atom is 0.348 e. The second-order valence-corrected chi connectivity index (χ2v) is 9.39. The number of likely N-dealkylation sites (N-methyl/N-ethyl adjacent to an activating group) is 1. The predicted octanol–water partition coefficient (Wildman–Crippen LogP) is 3.80. The summed E-state index contributed by atoms with van der Waals surface area (Å²) in [4.78, 5) is 26.2. The molecular weight excluding hydrogens is 432 g/mol. The number of thioether (sulfide) groups is 1. The van der Waals surface area contributed by atoms with E-state index in [1.807, 2.05) is 56.3 Å². The van der Waals surface area contributed by atoms with Gasteiger partial charge in [-0.2, -0.15) is 0 Å². The fraction of sp³-hybridized carbons (Fsp3) is 0.409. The Hall–Kier alpha value is -2.20. The van der Waals surface area contributed by atoms with Crippen molar-refractivity contribution in [3.8, 4) is 0 Å². The number of benzene rings is 1. The van der Waals surface area contributed by atoms with Gasteiger partial charge in [0.25, 0.3) is 0 Å². The van der Waals surface area contributed by atoms with Crippen LogP contribution in [0.15, 0.2) is 35.2 Å². The van der Waals surface area contributed by atoms with Crippen LogP contribution in [0.3, 0.4) is 0 Å². The van der Waals surface area contributed by atoms with E-state index in [4.69, 9.17) is 14.7 Å². The Morgan fingerprint density at radius 2 is 2.03 bits per heavy atom. The number of rotatable bonds is 10. The zero-order valence-electron chi connectivity index (χ0n) is 18.2. The van der Waals surface area contributed by atoms with Crippen molar-refractivity contribution in [3.63, 3.8) is 0 Å². The third kappa shape index (κ3) is 6.16. The highest BCUT2D eigenvalue weighted by molar-refractivity contribution is 7.98. The molecule has 2 aromatic heterocycles. The van der Waals surface area contributed by atoms with E-state index in [-0.39, 0.29) is 5.97 Å². The van der Waals surface area contributed by atoms with Crippen molar-refractivity contribution in [3.05, 3.63) is 46.6 Å². The van der Waals surface area contributed by atoms with E-state index < -0.39 is 6.10 Å². The lowest BCUT2D eigenvalue weighted by Gasteiger charge is -2.17. The molecule has 31 heavy (non-hydrogen) atoms. The number of anilines is 1. The molecule has 0 radical (unpaired) electrons. The quantitative estimate of drug-likeness (QED) is 0.349. The van der Waals surface area contributed by atoms with Gasteiger partial charge in [-0.15, -0.1) is 23.1 Å². The van der Waals surface area contributed by atoms with E-state index in [1.54, 1.807) is 18.7 Å². The molecule has 0 spiro atoms. The molecular formula is C22H28N4O3S2. The van der Waals surface area contributed by atoms with Gasteiger partial charge in [0.1, 0.15) is 21.3 Å². The summed E-state index contributed by atoms with van der Waals surface area (Å²) in [5, 5.41) is 14.4. The number of hydrogen-bond acceptors (Lipinski definition) is 9. The Kier molecular flexibility index (Phi) is 8.25. The number of aryl methyl sites for hydroxylation is 1. The van der Waals surface area contributed by atoms with Gasteiger partial charge in [0.15, 0.2) is 0 Å². The van der Waals surface area contributed by atoms with Gasteiger partial charge in [-0.1, -0.05) is 18.2 Å². The standard InChI is InChI=1S/C22H28N4O3S2/c1-5-29-22(28)19-14(2)18-20(23-11-15(27)12-26(3)4)24-17(25-21(18)31-19)13-30-16-9-7-6-8-10-16/h6-10,15,27H,5,11-13H2,1-4H3,(H,23,24,25)/t15-/m1/s1. The molecule has 0 amide bonds. The topological polar surface area (TPSA) is 87.6 Å². The van der Waals surface area contributed by atoms with Gasteiger partial charge in [-0.05, 0) is 45.6 Å². The number of aliphatic hydroxyl groups excluding tert-OH is 1. The molecule has 1 atom stereocenters. The van der Waals surface area contributed by atoms with Crippen LogP contribution in [-0.4, -0.2) is 65.8 Å². The highest BCUT2D eigenvalue weighted by Crippen LogP contribution is 2.35. The Bertz CT molecular complexity index is 1020. The molecule has 166 valence electrons. The monoisotopic (exact) mass is 460 g/mol. The van der Waals surface area contributed by atoms with Gasteiger partial charge < -0.3 is 20.1 Å². The number of ether oxygens (including phenoxy) is 1. The molecule has 0 saturated carbocycles. The SMILES string of the molecule is CCOC(=O)c1sc2nc(CSc3ccccc3)nc(NC[C@@H](O)CN(C)C)c2c1C. The number of nitrogens with zero attached hydrogens (tertiary/aromatic N) is 3. The molecule has 1 aromatic carbocycles. The highest BCUT2D eigenvalue weighted by Gasteiger charge is 2.22. The third-order valence-corrected chi connectivity index (χ3v) is 6.66. The van der Waals surface area contributed by atoms with Crippen molar-refractivity contribution in [1.29, 1.82) is 0 Å². The molecule has 0 unspecified atom stereocenters. The number of carbonyl (C=O) groups is 1. The highest BCUT2D eigenvalue weighted by atomic mass is 32.2. The third-order valence-electron chi connectivity index (χ3n) is 4.49. The first-order chi connectivity index (χ1) is 14.9. The summed E-state index contributed by atoms with van der Waals surface area (Å²) >= 11 is 2.97. The largest absolute Gasteiger partial charge is 0.462 e. The van der Waals surface area contributed by atoms with Crippen LogP contribution in [0.2, 0.25) is 0 Å². The lowest BCUT2D eigenvalue weighted by molar-refractivity contribution is 0.0531. The summed E-state index contributed by atoms with van der Waals surface area (Å²) in [7, 11) is 3.83. The normalized spacial score (nSPS) is 12.3. The summed E-state index contributed by atoms with van der Waals surface area (Å²) < 4.78 is 5.21. The predicted molar refractivity (Wildman–Crippen MR) is 127 cm³/mol. The second kappa shape index (κ2) is 10.9. The van der Waals surface area contributed by atoms with Crippen molar-refractivity contribution in [1.82, 2.24) is 14.9 Å². The maximum atomic E-state index is 12.4. The lowest BCUT2D eigenvalue weighted by Crippen LogP contribution is -2.31. The summed E-state index contributed by atoms with van der Waals surface area (Å²) in [5.74, 6) is 1.56. The molecule has 2 N–H and O–H groups in total. The number of aromatic nitrogens is 2. The minimum Gasteiger partial charge on any atom is -0.462 e. The van der Waals surface area contributed by atoms with E-state index in [0.717, 1.165) is 20.7 Å². The first-order valence-corrected chi connectivity index (χ1v) is 11.9. The van der Waals surface area contributed by atoms with E-state index in [9.17, 15) is 9.90 Å². The summed E-state index contributed by atoms with van der Waals surface area (Å²) in [5.41, 5.74) is 0.797. The summed E-state index contributed by atoms with van der Waals surface area (Å²) in [6.45, 7) is 4.87. The van der Waals surface area contributed by atoms with Crippen LogP contribution in [0.1, 0.15) is 28.0 Å². The molecule has 7 nitrogen and oxygen atoms in total. The number of fused-ring (bicyclic) bond motifs is 1. The molecule has 0 fully saturated rings. The molecule has 9 heteroatoms. The second-order valence-electron chi connectivity index (χ2n) is 7.34. The molecule has 3 rings (SSSR count). The van der Waals surface area contributed by atoms with Gasteiger partial charge in [0.2, 0.25) is 0 Å². The van der Waals surface area contributed by atoms with Crippen LogP contribution < -0.4 is 5.32 Å². The number of carbonyl (C=O) groups excluding carboxylic acids is 1. The Morgan fingerprint density at radius 1 is 1.29 bits per heavy atom. The average molecular weight is 461 g/mol. The van der Waals surface area contributed by atoms with Crippen molar-refractivity contribution in [2.75, 3.05) is 39.1 Å². The summed E-state index contributed by atoms with van der Waals surface area (Å²) in [6.07, 6.45) is -0.550. The van der Waals surface area contributed by atoms with Crippen molar-refractivity contribution < 1.29 is 14.6 Å². The Labute approximate surface area is 190 Å². The number of esters is 1. The van der Waals surface area contributed by atoms with Crippen LogP contribution in [0.25, 0.3) is 10.2 Å². The molecule has 2 heterocycles. The first-order valence-electron chi connectivity index (χ1n) is 10.1. The van der Waals surface area contributed by atoms with Crippen molar-refractivity contribution in [2.45, 2.75) is 30.6 Å². The summed E-state index contributed by atoms with van der Waals surface area (Å²) in [6, 6.07) is 10.1. The minimum atomic E-state index is -0.550. The van der Waals surface area contributed by atoms with Crippen LogP contribution in [0.5, 0.6) is 0 Å².